The van der Waals surface area contributed by atoms with E-state index in [1.807, 2.05) is 12.1 Å². The largest absolute Gasteiger partial charge is 0.493 e. The van der Waals surface area contributed by atoms with Crippen molar-refractivity contribution in [2.45, 2.75) is 51.0 Å². The van der Waals surface area contributed by atoms with Crippen molar-refractivity contribution in [2.24, 2.45) is 0 Å². The molecule has 1 aromatic rings. The lowest BCUT2D eigenvalue weighted by molar-refractivity contribution is 0.190. The maximum atomic E-state index is 6.13. The van der Waals surface area contributed by atoms with Crippen LogP contribution in [0.4, 0.5) is 5.69 Å². The minimum atomic E-state index is 0.697. The first-order valence-electron chi connectivity index (χ1n) is 8.36. The number of nitrogen functional groups attached to an aromatic ring is 1. The summed E-state index contributed by atoms with van der Waals surface area (Å²) >= 11 is 0. The average molecular weight is 306 g/mol. The smallest absolute Gasteiger partial charge is 0.162 e. The molecule has 1 aliphatic rings. The van der Waals surface area contributed by atoms with E-state index in [0.29, 0.717) is 5.75 Å². The normalized spacial score (nSPS) is 16.0. The van der Waals surface area contributed by atoms with Crippen LogP contribution < -0.4 is 15.2 Å². The number of methoxy groups -OCH3 is 2. The van der Waals surface area contributed by atoms with Crippen molar-refractivity contribution in [3.63, 3.8) is 0 Å². The van der Waals surface area contributed by atoms with Crippen LogP contribution in [0.2, 0.25) is 0 Å². The fraction of sp³-hybridized carbons (Fsp3) is 0.667. The van der Waals surface area contributed by atoms with Crippen LogP contribution in [0.25, 0.3) is 0 Å². The fourth-order valence-corrected chi connectivity index (χ4v) is 3.38. The summed E-state index contributed by atoms with van der Waals surface area (Å²) in [7, 11) is 5.55. The standard InChI is InChI=1S/C18H30N2O2/c1-20(15-9-5-4-6-10-15)11-7-8-14-12-17(21-2)18(22-3)13-16(14)19/h12-13,15H,4-11,19H2,1-3H3. The first kappa shape index (κ1) is 16.9. The highest BCUT2D eigenvalue weighted by Crippen LogP contribution is 2.32. The lowest BCUT2D eigenvalue weighted by Crippen LogP contribution is -2.34. The Morgan fingerprint density at radius 2 is 1.73 bits per heavy atom. The van der Waals surface area contributed by atoms with Crippen molar-refractivity contribution < 1.29 is 9.47 Å². The zero-order valence-electron chi connectivity index (χ0n) is 14.2. The monoisotopic (exact) mass is 306 g/mol. The molecule has 0 saturated heterocycles. The highest BCUT2D eigenvalue weighted by Gasteiger charge is 2.17. The van der Waals surface area contributed by atoms with Crippen molar-refractivity contribution in [3.05, 3.63) is 17.7 Å². The molecule has 0 aromatic heterocycles. The summed E-state index contributed by atoms with van der Waals surface area (Å²) in [5, 5.41) is 0. The molecule has 0 radical (unpaired) electrons. The van der Waals surface area contributed by atoms with Gasteiger partial charge < -0.3 is 20.1 Å². The van der Waals surface area contributed by atoms with Crippen molar-refractivity contribution in [2.75, 3.05) is 33.5 Å². The van der Waals surface area contributed by atoms with Crippen LogP contribution in [0, 0.1) is 0 Å². The summed E-state index contributed by atoms with van der Waals surface area (Å²) in [5.41, 5.74) is 8.07. The van der Waals surface area contributed by atoms with Gasteiger partial charge in [-0.05, 0) is 50.9 Å². The molecule has 0 amide bonds. The molecule has 1 aromatic carbocycles. The molecule has 2 rings (SSSR count). The van der Waals surface area contributed by atoms with E-state index in [4.69, 9.17) is 15.2 Å². The van der Waals surface area contributed by atoms with Crippen LogP contribution >= 0.6 is 0 Å². The molecular weight excluding hydrogens is 276 g/mol. The van der Waals surface area contributed by atoms with Gasteiger partial charge in [0, 0.05) is 17.8 Å². The highest BCUT2D eigenvalue weighted by atomic mass is 16.5. The second-order valence-corrected chi connectivity index (χ2v) is 6.28. The van der Waals surface area contributed by atoms with Gasteiger partial charge in [-0.15, -0.1) is 0 Å². The van der Waals surface area contributed by atoms with Crippen molar-refractivity contribution in [1.82, 2.24) is 4.90 Å². The molecule has 124 valence electrons. The van der Waals surface area contributed by atoms with E-state index < -0.39 is 0 Å². The molecule has 1 saturated carbocycles. The van der Waals surface area contributed by atoms with E-state index in [-0.39, 0.29) is 0 Å². The fourth-order valence-electron chi connectivity index (χ4n) is 3.38. The van der Waals surface area contributed by atoms with Crippen LogP contribution in [0.15, 0.2) is 12.1 Å². The molecule has 0 bridgehead atoms. The van der Waals surface area contributed by atoms with Gasteiger partial charge in [0.2, 0.25) is 0 Å². The minimum absolute atomic E-state index is 0.697. The third kappa shape index (κ3) is 4.29. The third-order valence-corrected chi connectivity index (χ3v) is 4.80. The van der Waals surface area contributed by atoms with Gasteiger partial charge in [0.05, 0.1) is 14.2 Å². The number of rotatable bonds is 7. The maximum Gasteiger partial charge on any atom is 0.162 e. The molecule has 22 heavy (non-hydrogen) atoms. The Balaban J connectivity index is 1.88. The molecule has 0 atom stereocenters. The van der Waals surface area contributed by atoms with E-state index in [0.717, 1.165) is 42.4 Å². The first-order valence-corrected chi connectivity index (χ1v) is 8.36. The van der Waals surface area contributed by atoms with Crippen molar-refractivity contribution in [3.8, 4) is 11.5 Å². The van der Waals surface area contributed by atoms with Gasteiger partial charge in [-0.2, -0.15) is 0 Å². The minimum Gasteiger partial charge on any atom is -0.493 e. The van der Waals surface area contributed by atoms with Gasteiger partial charge in [-0.25, -0.2) is 0 Å². The van der Waals surface area contributed by atoms with Gasteiger partial charge in [-0.1, -0.05) is 19.3 Å². The molecule has 0 unspecified atom stereocenters. The lowest BCUT2D eigenvalue weighted by atomic mass is 9.94. The quantitative estimate of drug-likeness (QED) is 0.783. The van der Waals surface area contributed by atoms with Gasteiger partial charge in [0.15, 0.2) is 11.5 Å². The number of nitrogens with zero attached hydrogens (tertiary/aromatic N) is 1. The zero-order chi connectivity index (χ0) is 15.9. The molecule has 2 N–H and O–H groups in total. The number of hydrogen-bond acceptors (Lipinski definition) is 4. The van der Waals surface area contributed by atoms with Crippen LogP contribution in [-0.4, -0.2) is 38.8 Å². The van der Waals surface area contributed by atoms with E-state index in [1.54, 1.807) is 14.2 Å². The Bertz CT molecular complexity index is 470. The summed E-state index contributed by atoms with van der Waals surface area (Å²) in [5.74, 6) is 1.45. The second-order valence-electron chi connectivity index (χ2n) is 6.28. The predicted molar refractivity (Wildman–Crippen MR) is 91.8 cm³/mol. The lowest BCUT2D eigenvalue weighted by Gasteiger charge is -2.31. The Morgan fingerprint density at radius 3 is 2.36 bits per heavy atom. The summed E-state index contributed by atoms with van der Waals surface area (Å²) in [6.45, 7) is 1.12. The maximum absolute atomic E-state index is 6.13. The van der Waals surface area contributed by atoms with Crippen LogP contribution in [-0.2, 0) is 6.42 Å². The Hall–Kier alpha value is -1.42. The summed E-state index contributed by atoms with van der Waals surface area (Å²) < 4.78 is 10.6. The summed E-state index contributed by atoms with van der Waals surface area (Å²) in [4.78, 5) is 2.52. The third-order valence-electron chi connectivity index (χ3n) is 4.80. The Kier molecular flexibility index (Phi) is 6.37. The first-order chi connectivity index (χ1) is 10.7. The molecule has 4 heteroatoms. The van der Waals surface area contributed by atoms with E-state index in [2.05, 4.69) is 11.9 Å². The molecule has 4 nitrogen and oxygen atoms in total. The van der Waals surface area contributed by atoms with E-state index in [9.17, 15) is 0 Å². The van der Waals surface area contributed by atoms with Crippen LogP contribution in [0.5, 0.6) is 11.5 Å². The number of nitrogens with two attached hydrogens (primary N) is 1. The van der Waals surface area contributed by atoms with Crippen molar-refractivity contribution >= 4 is 5.69 Å². The molecule has 0 spiro atoms. The number of hydrogen-bond donors (Lipinski definition) is 1. The van der Waals surface area contributed by atoms with Crippen molar-refractivity contribution in [1.29, 1.82) is 0 Å². The Morgan fingerprint density at radius 1 is 1.09 bits per heavy atom. The Labute approximate surface area is 134 Å². The zero-order valence-corrected chi connectivity index (χ0v) is 14.2. The summed E-state index contributed by atoms with van der Waals surface area (Å²) in [6.07, 6.45) is 8.99. The number of ether oxygens (including phenoxy) is 2. The van der Waals surface area contributed by atoms with Gasteiger partial charge >= 0.3 is 0 Å². The van der Waals surface area contributed by atoms with Crippen LogP contribution in [0.3, 0.4) is 0 Å². The van der Waals surface area contributed by atoms with Crippen LogP contribution in [0.1, 0.15) is 44.1 Å². The highest BCUT2D eigenvalue weighted by molar-refractivity contribution is 5.58. The number of benzene rings is 1. The average Bonchev–Trinajstić information content (AvgIpc) is 2.56. The van der Waals surface area contributed by atoms with E-state index in [1.165, 1.54) is 32.1 Å². The number of anilines is 1. The molecule has 0 aliphatic heterocycles. The molecular formula is C18H30N2O2. The van der Waals surface area contributed by atoms with Gasteiger partial charge in [0.25, 0.3) is 0 Å². The number of aryl methyl sites for hydroxylation is 1. The summed E-state index contributed by atoms with van der Waals surface area (Å²) in [6, 6.07) is 4.64. The second kappa shape index (κ2) is 8.28. The molecule has 1 fully saturated rings. The van der Waals surface area contributed by atoms with E-state index >= 15 is 0 Å². The predicted octanol–water partition coefficient (Wildman–Crippen LogP) is 3.48. The van der Waals surface area contributed by atoms with Gasteiger partial charge in [0.1, 0.15) is 0 Å². The topological polar surface area (TPSA) is 47.7 Å². The molecule has 0 heterocycles. The molecule has 1 aliphatic carbocycles. The van der Waals surface area contributed by atoms with Gasteiger partial charge in [-0.3, -0.25) is 0 Å². The SMILES string of the molecule is COc1cc(N)c(CCCN(C)C2CCCCC2)cc1OC.